The van der Waals surface area contributed by atoms with Crippen LogP contribution >= 0.6 is 12.4 Å². The molecular formula is C16H21ClN2O4. The number of likely N-dealkylation sites (tertiary alicyclic amines) is 1. The molecule has 1 aromatic rings. The van der Waals surface area contributed by atoms with E-state index in [-0.39, 0.29) is 30.6 Å². The van der Waals surface area contributed by atoms with Gasteiger partial charge in [-0.05, 0) is 38.4 Å². The van der Waals surface area contributed by atoms with Gasteiger partial charge in [-0.3, -0.25) is 19.3 Å². The fourth-order valence-electron chi connectivity index (χ4n) is 2.73. The molecule has 0 radical (unpaired) electrons. The van der Waals surface area contributed by atoms with Crippen molar-refractivity contribution in [3.63, 3.8) is 0 Å². The highest BCUT2D eigenvalue weighted by atomic mass is 35.5. The summed E-state index contributed by atoms with van der Waals surface area (Å²) in [6.07, 6.45) is 2.32. The second-order valence-corrected chi connectivity index (χ2v) is 5.47. The van der Waals surface area contributed by atoms with Crippen molar-refractivity contribution in [2.24, 2.45) is 0 Å². The lowest BCUT2D eigenvalue weighted by atomic mass is 10.0. The van der Waals surface area contributed by atoms with Crippen LogP contribution < -0.4 is 5.32 Å². The summed E-state index contributed by atoms with van der Waals surface area (Å²) in [5.74, 6) is -1.32. The number of para-hydroxylation sites is 1. The van der Waals surface area contributed by atoms with Crippen molar-refractivity contribution < 1.29 is 19.5 Å². The number of carbonyl (C=O) groups is 3. The van der Waals surface area contributed by atoms with Crippen molar-refractivity contribution in [3.05, 3.63) is 29.8 Å². The molecule has 1 fully saturated rings. The van der Waals surface area contributed by atoms with Crippen LogP contribution in [-0.2, 0) is 9.59 Å². The molecule has 0 aliphatic carbocycles. The van der Waals surface area contributed by atoms with Gasteiger partial charge >= 0.3 is 5.97 Å². The normalized spacial score (nSPS) is 17.9. The Bertz CT molecular complexity index is 591. The number of rotatable bonds is 5. The molecule has 1 saturated heterocycles. The Morgan fingerprint density at radius 2 is 1.96 bits per heavy atom. The van der Waals surface area contributed by atoms with Gasteiger partial charge in [0.15, 0.2) is 5.78 Å². The maximum Gasteiger partial charge on any atom is 0.320 e. The highest BCUT2D eigenvalue weighted by molar-refractivity contribution is 6.04. The van der Waals surface area contributed by atoms with Gasteiger partial charge in [-0.15, -0.1) is 12.4 Å². The lowest BCUT2D eigenvalue weighted by molar-refractivity contribution is -0.145. The summed E-state index contributed by atoms with van der Waals surface area (Å²) in [4.78, 5) is 36.6. The number of hydrogen-bond acceptors (Lipinski definition) is 4. The van der Waals surface area contributed by atoms with E-state index in [4.69, 9.17) is 0 Å². The summed E-state index contributed by atoms with van der Waals surface area (Å²) >= 11 is 0. The predicted molar refractivity (Wildman–Crippen MR) is 89.2 cm³/mol. The number of anilines is 1. The first kappa shape index (κ1) is 19.1. The van der Waals surface area contributed by atoms with Crippen molar-refractivity contribution in [2.75, 3.05) is 18.4 Å². The van der Waals surface area contributed by atoms with Gasteiger partial charge in [0.05, 0.1) is 12.2 Å². The molecular weight excluding hydrogens is 320 g/mol. The minimum Gasteiger partial charge on any atom is -0.480 e. The predicted octanol–water partition coefficient (Wildman–Crippen LogP) is 2.19. The SMILES string of the molecule is CC(=O)c1ccccc1NC(=O)CN1CCCCC1C(=O)O.Cl. The van der Waals surface area contributed by atoms with Crippen LogP contribution in [0.2, 0.25) is 0 Å². The van der Waals surface area contributed by atoms with E-state index in [2.05, 4.69) is 5.32 Å². The Kier molecular flexibility index (Phi) is 7.19. The molecule has 2 N–H and O–H groups in total. The molecule has 1 atom stereocenters. The number of benzene rings is 1. The van der Waals surface area contributed by atoms with Crippen molar-refractivity contribution in [2.45, 2.75) is 32.2 Å². The second-order valence-electron chi connectivity index (χ2n) is 5.47. The van der Waals surface area contributed by atoms with E-state index in [9.17, 15) is 19.5 Å². The Balaban J connectivity index is 0.00000264. The minimum absolute atomic E-state index is 0. The standard InChI is InChI=1S/C16H20N2O4.ClH/c1-11(19)12-6-2-3-7-13(12)17-15(20)10-18-9-5-4-8-14(18)16(21)22;/h2-3,6-7,14H,4-5,8-10H2,1H3,(H,17,20)(H,21,22);1H. The molecule has 0 spiro atoms. The van der Waals surface area contributed by atoms with E-state index in [1.54, 1.807) is 29.2 Å². The third-order valence-electron chi connectivity index (χ3n) is 3.83. The van der Waals surface area contributed by atoms with E-state index in [0.717, 1.165) is 12.8 Å². The Morgan fingerprint density at radius 3 is 2.61 bits per heavy atom. The average molecular weight is 341 g/mol. The second kappa shape index (κ2) is 8.64. The summed E-state index contributed by atoms with van der Waals surface area (Å²) in [5.41, 5.74) is 0.910. The lowest BCUT2D eigenvalue weighted by Gasteiger charge is -2.32. The van der Waals surface area contributed by atoms with Gasteiger partial charge in [-0.25, -0.2) is 0 Å². The molecule has 1 aliphatic rings. The Labute approximate surface area is 141 Å². The third kappa shape index (κ3) is 5.04. The smallest absolute Gasteiger partial charge is 0.320 e. The largest absolute Gasteiger partial charge is 0.480 e. The van der Waals surface area contributed by atoms with E-state index >= 15 is 0 Å². The zero-order valence-electron chi connectivity index (χ0n) is 12.9. The quantitative estimate of drug-likeness (QED) is 0.802. The van der Waals surface area contributed by atoms with Crippen LogP contribution in [0.1, 0.15) is 36.5 Å². The van der Waals surface area contributed by atoms with E-state index in [1.165, 1.54) is 6.92 Å². The summed E-state index contributed by atoms with van der Waals surface area (Å²) in [6, 6.07) is 6.18. The van der Waals surface area contributed by atoms with Crippen LogP contribution in [0, 0.1) is 0 Å². The van der Waals surface area contributed by atoms with Crippen LogP contribution in [0.15, 0.2) is 24.3 Å². The number of nitrogens with one attached hydrogen (secondary N) is 1. The van der Waals surface area contributed by atoms with Crippen LogP contribution in [0.3, 0.4) is 0 Å². The molecule has 6 nitrogen and oxygen atoms in total. The summed E-state index contributed by atoms with van der Waals surface area (Å²) < 4.78 is 0. The first-order valence-electron chi connectivity index (χ1n) is 7.35. The van der Waals surface area contributed by atoms with Gasteiger partial charge in [0.1, 0.15) is 6.04 Å². The maximum absolute atomic E-state index is 12.2. The molecule has 126 valence electrons. The zero-order chi connectivity index (χ0) is 16.1. The molecule has 1 heterocycles. The van der Waals surface area contributed by atoms with Gasteiger partial charge in [0.2, 0.25) is 5.91 Å². The van der Waals surface area contributed by atoms with Crippen molar-refractivity contribution >= 4 is 35.8 Å². The molecule has 0 aromatic heterocycles. The molecule has 1 unspecified atom stereocenters. The van der Waals surface area contributed by atoms with E-state index in [1.807, 2.05) is 0 Å². The topological polar surface area (TPSA) is 86.7 Å². The number of hydrogen-bond donors (Lipinski definition) is 2. The molecule has 0 bridgehead atoms. The lowest BCUT2D eigenvalue weighted by Crippen LogP contribution is -2.47. The van der Waals surface area contributed by atoms with Crippen LogP contribution in [0.4, 0.5) is 5.69 Å². The Hall–Kier alpha value is -1.92. The van der Waals surface area contributed by atoms with E-state index in [0.29, 0.717) is 24.2 Å². The molecule has 0 saturated carbocycles. The highest BCUT2D eigenvalue weighted by Crippen LogP contribution is 2.18. The molecule has 7 heteroatoms. The minimum atomic E-state index is -0.892. The van der Waals surface area contributed by atoms with Crippen molar-refractivity contribution in [3.8, 4) is 0 Å². The molecule has 23 heavy (non-hydrogen) atoms. The van der Waals surface area contributed by atoms with Gasteiger partial charge in [-0.2, -0.15) is 0 Å². The van der Waals surface area contributed by atoms with Gasteiger partial charge < -0.3 is 10.4 Å². The first-order chi connectivity index (χ1) is 10.5. The number of carboxylic acid groups (broad SMARTS) is 1. The van der Waals surface area contributed by atoms with E-state index < -0.39 is 12.0 Å². The van der Waals surface area contributed by atoms with Gasteiger partial charge in [-0.1, -0.05) is 18.6 Å². The molecule has 2 rings (SSSR count). The third-order valence-corrected chi connectivity index (χ3v) is 3.83. The number of aliphatic carboxylic acids is 1. The summed E-state index contributed by atoms with van der Waals surface area (Å²) in [7, 11) is 0. The van der Waals surface area contributed by atoms with Crippen LogP contribution in [0.25, 0.3) is 0 Å². The van der Waals surface area contributed by atoms with Gasteiger partial charge in [0.25, 0.3) is 0 Å². The first-order valence-corrected chi connectivity index (χ1v) is 7.35. The van der Waals surface area contributed by atoms with Crippen LogP contribution in [0.5, 0.6) is 0 Å². The number of halogens is 1. The number of carbonyl (C=O) groups excluding carboxylic acids is 2. The number of nitrogens with zero attached hydrogens (tertiary/aromatic N) is 1. The fraction of sp³-hybridized carbons (Fsp3) is 0.438. The molecule has 1 amide bonds. The summed E-state index contributed by atoms with van der Waals surface area (Å²) in [6.45, 7) is 2.05. The maximum atomic E-state index is 12.2. The summed E-state index contributed by atoms with van der Waals surface area (Å²) in [5, 5.41) is 11.9. The van der Waals surface area contributed by atoms with Crippen molar-refractivity contribution in [1.29, 1.82) is 0 Å². The molecule has 1 aromatic carbocycles. The number of Topliss-reactive ketones (excluding diaryl/α,β-unsaturated/α-hetero) is 1. The molecule has 1 aliphatic heterocycles. The zero-order valence-corrected chi connectivity index (χ0v) is 13.8. The number of carboxylic acids is 1. The number of amides is 1. The number of ketones is 1. The number of piperidine rings is 1. The monoisotopic (exact) mass is 340 g/mol. The fourth-order valence-corrected chi connectivity index (χ4v) is 2.73. The average Bonchev–Trinajstić information content (AvgIpc) is 2.47. The van der Waals surface area contributed by atoms with Gasteiger partial charge in [0, 0.05) is 5.56 Å². The highest BCUT2D eigenvalue weighted by Gasteiger charge is 2.29. The van der Waals surface area contributed by atoms with Crippen LogP contribution in [-0.4, -0.2) is 46.8 Å². The van der Waals surface area contributed by atoms with Crippen molar-refractivity contribution in [1.82, 2.24) is 4.90 Å². The Morgan fingerprint density at radius 1 is 1.26 bits per heavy atom.